The summed E-state index contributed by atoms with van der Waals surface area (Å²) in [5.74, 6) is -0.215. The molecular weight excluding hydrogens is 319 g/mol. The summed E-state index contributed by atoms with van der Waals surface area (Å²) in [6.07, 6.45) is 2.06. The lowest BCUT2D eigenvalue weighted by atomic mass is 10.2. The molecule has 0 saturated heterocycles. The van der Waals surface area contributed by atoms with Gasteiger partial charge in [0.1, 0.15) is 5.82 Å². The van der Waals surface area contributed by atoms with Crippen LogP contribution in [0, 0.1) is 5.82 Å². The number of hydrogen-bond donors (Lipinski definition) is 1. The van der Waals surface area contributed by atoms with Crippen LogP contribution in [0.25, 0.3) is 10.9 Å². The van der Waals surface area contributed by atoms with Crippen molar-refractivity contribution < 1.29 is 4.39 Å². The standard InChI is InChI=1S/C16H14BrFN2/c17-13-6-5-12-7-9-20(16(12)11-13)10-8-19-15-4-2-1-3-14(15)18/h1-7,9,11,19H,8,10H2. The van der Waals surface area contributed by atoms with E-state index in [2.05, 4.69) is 50.2 Å². The van der Waals surface area contributed by atoms with Gasteiger partial charge in [0.2, 0.25) is 0 Å². The Kier molecular flexibility index (Phi) is 3.74. The molecule has 3 aromatic rings. The first-order valence-corrected chi connectivity index (χ1v) is 7.26. The van der Waals surface area contributed by atoms with Crippen molar-refractivity contribution >= 4 is 32.5 Å². The minimum atomic E-state index is -0.215. The van der Waals surface area contributed by atoms with Crippen LogP contribution in [0.15, 0.2) is 59.2 Å². The van der Waals surface area contributed by atoms with Crippen LogP contribution in [-0.4, -0.2) is 11.1 Å². The fourth-order valence-corrected chi connectivity index (χ4v) is 2.62. The summed E-state index contributed by atoms with van der Waals surface area (Å²) in [7, 11) is 0. The highest BCUT2D eigenvalue weighted by Gasteiger charge is 2.02. The fourth-order valence-electron chi connectivity index (χ4n) is 2.27. The summed E-state index contributed by atoms with van der Waals surface area (Å²) in [6.45, 7) is 1.46. The van der Waals surface area contributed by atoms with E-state index in [-0.39, 0.29) is 5.82 Å². The number of nitrogens with zero attached hydrogens (tertiary/aromatic N) is 1. The van der Waals surface area contributed by atoms with Crippen molar-refractivity contribution in [2.24, 2.45) is 0 Å². The van der Waals surface area contributed by atoms with Crippen LogP contribution in [0.5, 0.6) is 0 Å². The molecule has 0 bridgehead atoms. The van der Waals surface area contributed by atoms with Crippen molar-refractivity contribution in [1.29, 1.82) is 0 Å². The lowest BCUT2D eigenvalue weighted by Crippen LogP contribution is -2.10. The first-order chi connectivity index (χ1) is 9.74. The number of fused-ring (bicyclic) bond motifs is 1. The highest BCUT2D eigenvalue weighted by atomic mass is 79.9. The molecule has 2 aromatic carbocycles. The van der Waals surface area contributed by atoms with Gasteiger partial charge in [0.25, 0.3) is 0 Å². The molecule has 0 amide bonds. The summed E-state index contributed by atoms with van der Waals surface area (Å²) in [5.41, 5.74) is 1.72. The van der Waals surface area contributed by atoms with Crippen LogP contribution < -0.4 is 5.32 Å². The van der Waals surface area contributed by atoms with Crippen LogP contribution in [0.3, 0.4) is 0 Å². The molecule has 0 unspecified atom stereocenters. The second-order valence-corrected chi connectivity index (χ2v) is 5.53. The van der Waals surface area contributed by atoms with Gasteiger partial charge in [0.15, 0.2) is 0 Å². The van der Waals surface area contributed by atoms with Gasteiger partial charge in [-0.15, -0.1) is 0 Å². The Hall–Kier alpha value is -1.81. The van der Waals surface area contributed by atoms with Gasteiger partial charge in [-0.3, -0.25) is 0 Å². The quantitative estimate of drug-likeness (QED) is 0.735. The van der Waals surface area contributed by atoms with E-state index in [0.717, 1.165) is 11.0 Å². The van der Waals surface area contributed by atoms with Gasteiger partial charge in [-0.2, -0.15) is 0 Å². The molecule has 0 spiro atoms. The Morgan fingerprint density at radius 1 is 1.10 bits per heavy atom. The lowest BCUT2D eigenvalue weighted by Gasteiger charge is -2.09. The molecule has 0 atom stereocenters. The molecule has 0 fully saturated rings. The Balaban J connectivity index is 1.71. The van der Waals surface area contributed by atoms with Crippen LogP contribution in [0.4, 0.5) is 10.1 Å². The van der Waals surface area contributed by atoms with Gasteiger partial charge in [-0.05, 0) is 35.7 Å². The van der Waals surface area contributed by atoms with Gasteiger partial charge in [0, 0.05) is 29.3 Å². The normalized spacial score (nSPS) is 10.9. The van der Waals surface area contributed by atoms with Crippen LogP contribution in [0.2, 0.25) is 0 Å². The highest BCUT2D eigenvalue weighted by Crippen LogP contribution is 2.21. The molecule has 0 aliphatic rings. The first-order valence-electron chi connectivity index (χ1n) is 6.47. The summed E-state index contributed by atoms with van der Waals surface area (Å²) < 4.78 is 16.7. The molecule has 2 nitrogen and oxygen atoms in total. The minimum Gasteiger partial charge on any atom is -0.381 e. The van der Waals surface area contributed by atoms with E-state index < -0.39 is 0 Å². The lowest BCUT2D eigenvalue weighted by molar-refractivity contribution is 0.628. The van der Waals surface area contributed by atoms with Gasteiger partial charge in [0.05, 0.1) is 5.69 Å². The number of rotatable bonds is 4. The van der Waals surface area contributed by atoms with Crippen molar-refractivity contribution in [1.82, 2.24) is 4.57 Å². The highest BCUT2D eigenvalue weighted by molar-refractivity contribution is 9.10. The fraction of sp³-hybridized carbons (Fsp3) is 0.125. The van der Waals surface area contributed by atoms with Crippen LogP contribution in [-0.2, 0) is 6.54 Å². The number of anilines is 1. The van der Waals surface area contributed by atoms with E-state index in [4.69, 9.17) is 0 Å². The number of para-hydroxylation sites is 1. The van der Waals surface area contributed by atoms with E-state index in [1.807, 2.05) is 12.1 Å². The molecule has 1 N–H and O–H groups in total. The second kappa shape index (κ2) is 5.67. The van der Waals surface area contributed by atoms with Gasteiger partial charge in [-0.25, -0.2) is 4.39 Å². The van der Waals surface area contributed by atoms with Crippen molar-refractivity contribution in [3.05, 3.63) is 65.0 Å². The Bertz CT molecular complexity index is 736. The minimum absolute atomic E-state index is 0.215. The van der Waals surface area contributed by atoms with Crippen molar-refractivity contribution in [2.45, 2.75) is 6.54 Å². The van der Waals surface area contributed by atoms with Gasteiger partial charge in [-0.1, -0.05) is 34.1 Å². The zero-order chi connectivity index (χ0) is 13.9. The molecule has 0 aliphatic heterocycles. The predicted molar refractivity (Wildman–Crippen MR) is 84.5 cm³/mol. The van der Waals surface area contributed by atoms with E-state index in [0.29, 0.717) is 12.2 Å². The van der Waals surface area contributed by atoms with Crippen molar-refractivity contribution in [2.75, 3.05) is 11.9 Å². The Labute approximate surface area is 125 Å². The number of benzene rings is 2. The summed E-state index contributed by atoms with van der Waals surface area (Å²) >= 11 is 3.49. The molecule has 4 heteroatoms. The van der Waals surface area contributed by atoms with E-state index in [9.17, 15) is 4.39 Å². The molecule has 1 heterocycles. The summed E-state index contributed by atoms with van der Waals surface area (Å²) in [4.78, 5) is 0. The molecule has 1 aromatic heterocycles. The molecule has 3 rings (SSSR count). The zero-order valence-corrected chi connectivity index (χ0v) is 12.4. The second-order valence-electron chi connectivity index (χ2n) is 4.62. The van der Waals surface area contributed by atoms with Gasteiger partial charge < -0.3 is 9.88 Å². The van der Waals surface area contributed by atoms with Crippen LogP contribution >= 0.6 is 15.9 Å². The largest absolute Gasteiger partial charge is 0.381 e. The van der Waals surface area contributed by atoms with Gasteiger partial charge >= 0.3 is 0 Å². The topological polar surface area (TPSA) is 17.0 Å². The third-order valence-corrected chi connectivity index (χ3v) is 3.77. The molecule has 0 radical (unpaired) electrons. The molecule has 0 aliphatic carbocycles. The number of aromatic nitrogens is 1. The molecular formula is C16H14BrFN2. The number of nitrogens with one attached hydrogen (secondary N) is 1. The first kappa shape index (κ1) is 13.2. The smallest absolute Gasteiger partial charge is 0.146 e. The third-order valence-electron chi connectivity index (χ3n) is 3.28. The SMILES string of the molecule is Fc1ccccc1NCCn1ccc2ccc(Br)cc21. The Morgan fingerprint density at radius 3 is 2.80 bits per heavy atom. The molecule has 20 heavy (non-hydrogen) atoms. The number of halogens is 2. The van der Waals surface area contributed by atoms with E-state index in [1.54, 1.807) is 12.1 Å². The maximum Gasteiger partial charge on any atom is 0.146 e. The van der Waals surface area contributed by atoms with E-state index in [1.165, 1.54) is 17.0 Å². The zero-order valence-electron chi connectivity index (χ0n) is 10.8. The predicted octanol–water partition coefficient (Wildman–Crippen LogP) is 4.66. The van der Waals surface area contributed by atoms with Crippen molar-refractivity contribution in [3.63, 3.8) is 0 Å². The average molecular weight is 333 g/mol. The molecule has 102 valence electrons. The summed E-state index contributed by atoms with van der Waals surface area (Å²) in [5, 5.41) is 4.33. The van der Waals surface area contributed by atoms with E-state index >= 15 is 0 Å². The molecule has 0 saturated carbocycles. The summed E-state index contributed by atoms with van der Waals surface area (Å²) in [6, 6.07) is 15.0. The number of hydrogen-bond acceptors (Lipinski definition) is 1. The third kappa shape index (κ3) is 2.70. The average Bonchev–Trinajstić information content (AvgIpc) is 2.83. The van der Waals surface area contributed by atoms with Crippen molar-refractivity contribution in [3.8, 4) is 0 Å². The Morgan fingerprint density at radius 2 is 1.95 bits per heavy atom. The monoisotopic (exact) mass is 332 g/mol. The maximum absolute atomic E-state index is 13.5. The maximum atomic E-state index is 13.5. The van der Waals surface area contributed by atoms with Crippen LogP contribution in [0.1, 0.15) is 0 Å².